The van der Waals surface area contributed by atoms with Crippen molar-refractivity contribution in [3.8, 4) is 11.5 Å². The van der Waals surface area contributed by atoms with Crippen molar-refractivity contribution >= 4 is 34.7 Å². The maximum Gasteiger partial charge on any atom is 0.286 e. The van der Waals surface area contributed by atoms with E-state index in [1.807, 2.05) is 25.1 Å². The molecular weight excluding hydrogens is 494 g/mol. The SMILES string of the molecule is Cc1cccc(CNC(=O)CC2CCN(C(=O)c3nnc(C(=O)Nc4ccc5c(c4)OCO5)s3)CC2)c1. The van der Waals surface area contributed by atoms with E-state index in [1.54, 1.807) is 23.1 Å². The fraction of sp³-hybridized carbons (Fsp3) is 0.346. The molecule has 1 aromatic heterocycles. The number of aryl methyl sites for hydroxylation is 1. The number of likely N-dealkylation sites (tertiary alicyclic amines) is 1. The standard InChI is InChI=1S/C26H27N5O5S/c1-16-3-2-4-18(11-16)14-27-22(32)12-17-7-9-31(10-8-17)26(34)25-30-29-24(37-25)23(33)28-19-5-6-20-21(13-19)36-15-35-20/h2-6,11,13,17H,7-10,12,14-15H2,1H3,(H,27,32)(H,28,33). The van der Waals surface area contributed by atoms with Gasteiger partial charge in [0.05, 0.1) is 0 Å². The second-order valence-corrected chi connectivity index (χ2v) is 10.1. The third kappa shape index (κ3) is 6.05. The molecule has 0 unspecified atom stereocenters. The lowest BCUT2D eigenvalue weighted by Gasteiger charge is -2.31. The van der Waals surface area contributed by atoms with Crippen LogP contribution in [0.2, 0.25) is 0 Å². The normalized spacial score (nSPS) is 14.9. The van der Waals surface area contributed by atoms with E-state index in [0.717, 1.165) is 35.3 Å². The minimum absolute atomic E-state index is 0.0218. The molecule has 0 spiro atoms. The number of amides is 3. The zero-order valence-corrected chi connectivity index (χ0v) is 21.2. The molecule has 0 saturated carbocycles. The summed E-state index contributed by atoms with van der Waals surface area (Å²) in [5.41, 5.74) is 2.77. The van der Waals surface area contributed by atoms with Crippen molar-refractivity contribution in [1.82, 2.24) is 20.4 Å². The number of benzene rings is 2. The second-order valence-electron chi connectivity index (χ2n) is 9.14. The average Bonchev–Trinajstić information content (AvgIpc) is 3.57. The molecule has 0 aliphatic carbocycles. The first-order valence-electron chi connectivity index (χ1n) is 12.1. The number of carbonyl (C=O) groups excluding carboxylic acids is 3. The fourth-order valence-corrected chi connectivity index (χ4v) is 5.10. The number of piperidine rings is 1. The van der Waals surface area contributed by atoms with Crippen molar-refractivity contribution in [2.45, 2.75) is 32.7 Å². The zero-order chi connectivity index (χ0) is 25.8. The Morgan fingerprint density at radius 1 is 1.03 bits per heavy atom. The molecule has 3 aromatic rings. The highest BCUT2D eigenvalue weighted by Crippen LogP contribution is 2.34. The molecule has 192 valence electrons. The minimum atomic E-state index is -0.453. The predicted molar refractivity (Wildman–Crippen MR) is 137 cm³/mol. The Balaban J connectivity index is 1.08. The van der Waals surface area contributed by atoms with Gasteiger partial charge in [0.25, 0.3) is 11.8 Å². The lowest BCUT2D eigenvalue weighted by atomic mass is 9.93. The van der Waals surface area contributed by atoms with Gasteiger partial charge in [0.2, 0.25) is 22.7 Å². The van der Waals surface area contributed by atoms with Gasteiger partial charge < -0.3 is 25.0 Å². The largest absolute Gasteiger partial charge is 0.454 e. The number of carbonyl (C=O) groups is 3. The van der Waals surface area contributed by atoms with Gasteiger partial charge in [-0.2, -0.15) is 0 Å². The number of hydrogen-bond donors (Lipinski definition) is 2. The van der Waals surface area contributed by atoms with Crippen molar-refractivity contribution in [1.29, 1.82) is 0 Å². The molecule has 10 nitrogen and oxygen atoms in total. The summed E-state index contributed by atoms with van der Waals surface area (Å²) in [4.78, 5) is 39.6. The Bertz CT molecular complexity index is 1320. The molecular formula is C26H27N5O5S. The third-order valence-electron chi connectivity index (χ3n) is 6.38. The molecule has 37 heavy (non-hydrogen) atoms. The quantitative estimate of drug-likeness (QED) is 0.489. The smallest absolute Gasteiger partial charge is 0.286 e. The van der Waals surface area contributed by atoms with Gasteiger partial charge in [0.15, 0.2) is 11.5 Å². The van der Waals surface area contributed by atoms with Crippen molar-refractivity contribution in [2.75, 3.05) is 25.2 Å². The predicted octanol–water partition coefficient (Wildman–Crippen LogP) is 3.39. The van der Waals surface area contributed by atoms with Crippen LogP contribution < -0.4 is 20.1 Å². The number of anilines is 1. The number of nitrogens with one attached hydrogen (secondary N) is 2. The van der Waals surface area contributed by atoms with Gasteiger partial charge in [-0.1, -0.05) is 41.2 Å². The van der Waals surface area contributed by atoms with Crippen molar-refractivity contribution in [3.63, 3.8) is 0 Å². The van der Waals surface area contributed by atoms with Gasteiger partial charge in [0, 0.05) is 37.8 Å². The molecule has 2 aliphatic rings. The molecule has 0 bridgehead atoms. The van der Waals surface area contributed by atoms with Gasteiger partial charge in [-0.05, 0) is 43.4 Å². The van der Waals surface area contributed by atoms with Gasteiger partial charge in [-0.25, -0.2) is 0 Å². The number of ether oxygens (including phenoxy) is 2. The number of nitrogens with zero attached hydrogens (tertiary/aromatic N) is 3. The van der Waals surface area contributed by atoms with E-state index in [1.165, 1.54) is 0 Å². The van der Waals surface area contributed by atoms with E-state index in [0.29, 0.717) is 43.2 Å². The van der Waals surface area contributed by atoms with E-state index in [4.69, 9.17) is 9.47 Å². The Kier molecular flexibility index (Phi) is 7.31. The first-order valence-corrected chi connectivity index (χ1v) is 12.9. The molecule has 1 saturated heterocycles. The van der Waals surface area contributed by atoms with Gasteiger partial charge in [-0.3, -0.25) is 14.4 Å². The van der Waals surface area contributed by atoms with Crippen LogP contribution in [0.1, 0.15) is 50.0 Å². The highest BCUT2D eigenvalue weighted by Gasteiger charge is 2.28. The molecule has 3 amide bonds. The van der Waals surface area contributed by atoms with Crippen LogP contribution >= 0.6 is 11.3 Å². The van der Waals surface area contributed by atoms with Gasteiger partial charge in [-0.15, -0.1) is 10.2 Å². The van der Waals surface area contributed by atoms with Crippen molar-refractivity contribution in [3.05, 3.63) is 63.6 Å². The number of rotatable bonds is 7. The van der Waals surface area contributed by atoms with E-state index in [9.17, 15) is 14.4 Å². The van der Waals surface area contributed by atoms with Crippen molar-refractivity contribution < 1.29 is 23.9 Å². The van der Waals surface area contributed by atoms with Crippen molar-refractivity contribution in [2.24, 2.45) is 5.92 Å². The van der Waals surface area contributed by atoms with E-state index < -0.39 is 5.91 Å². The Hall–Kier alpha value is -3.99. The second kappa shape index (κ2) is 11.0. The van der Waals surface area contributed by atoms with Crippen LogP contribution in [0.5, 0.6) is 11.5 Å². The summed E-state index contributed by atoms with van der Waals surface area (Å²) in [6, 6.07) is 13.1. The van der Waals surface area contributed by atoms with E-state index >= 15 is 0 Å². The van der Waals surface area contributed by atoms with E-state index in [2.05, 4.69) is 26.9 Å². The number of fused-ring (bicyclic) bond motifs is 1. The maximum absolute atomic E-state index is 12.9. The molecule has 2 aromatic carbocycles. The molecule has 3 heterocycles. The van der Waals surface area contributed by atoms with Crippen LogP contribution in [-0.4, -0.2) is 52.7 Å². The lowest BCUT2D eigenvalue weighted by molar-refractivity contribution is -0.122. The third-order valence-corrected chi connectivity index (χ3v) is 7.29. The summed E-state index contributed by atoms with van der Waals surface area (Å²) in [7, 11) is 0. The van der Waals surface area contributed by atoms with Crippen LogP contribution in [0.4, 0.5) is 5.69 Å². The first kappa shape index (κ1) is 24.7. The molecule has 0 atom stereocenters. The summed E-state index contributed by atoms with van der Waals surface area (Å²) < 4.78 is 10.6. The number of hydrogen-bond acceptors (Lipinski definition) is 8. The van der Waals surface area contributed by atoms with Gasteiger partial charge >= 0.3 is 0 Å². The fourth-order valence-electron chi connectivity index (χ4n) is 4.39. The summed E-state index contributed by atoms with van der Waals surface area (Å²) in [6.07, 6.45) is 1.91. The molecule has 2 N–H and O–H groups in total. The Morgan fingerprint density at radius 3 is 2.62 bits per heavy atom. The van der Waals surface area contributed by atoms with Crippen LogP contribution in [0.15, 0.2) is 42.5 Å². The Labute approximate surface area is 218 Å². The molecule has 5 rings (SSSR count). The minimum Gasteiger partial charge on any atom is -0.454 e. The van der Waals surface area contributed by atoms with Gasteiger partial charge in [0.1, 0.15) is 0 Å². The summed E-state index contributed by atoms with van der Waals surface area (Å²) in [5.74, 6) is 0.715. The summed E-state index contributed by atoms with van der Waals surface area (Å²) in [6.45, 7) is 3.76. The zero-order valence-electron chi connectivity index (χ0n) is 20.4. The van der Waals surface area contributed by atoms with Crippen LogP contribution in [-0.2, 0) is 11.3 Å². The highest BCUT2D eigenvalue weighted by atomic mass is 32.1. The highest BCUT2D eigenvalue weighted by molar-refractivity contribution is 7.15. The maximum atomic E-state index is 12.9. The van der Waals surface area contributed by atoms with E-state index in [-0.39, 0.29) is 34.5 Å². The topological polar surface area (TPSA) is 123 Å². The molecule has 1 fully saturated rings. The molecule has 11 heteroatoms. The molecule has 2 aliphatic heterocycles. The number of aromatic nitrogens is 2. The summed E-state index contributed by atoms with van der Waals surface area (Å²) >= 11 is 0.959. The summed E-state index contributed by atoms with van der Waals surface area (Å²) in [5, 5.41) is 13.8. The van der Waals surface area contributed by atoms with Crippen LogP contribution in [0.3, 0.4) is 0 Å². The molecule has 0 radical (unpaired) electrons. The van der Waals surface area contributed by atoms with Crippen LogP contribution in [0.25, 0.3) is 0 Å². The monoisotopic (exact) mass is 521 g/mol. The Morgan fingerprint density at radius 2 is 1.81 bits per heavy atom. The first-order chi connectivity index (χ1) is 17.9. The lowest BCUT2D eigenvalue weighted by Crippen LogP contribution is -2.39. The van der Waals surface area contributed by atoms with Crippen LogP contribution in [0, 0.1) is 12.8 Å². The average molecular weight is 522 g/mol.